The quantitative estimate of drug-likeness (QED) is 0.749. The third kappa shape index (κ3) is 5.90. The lowest BCUT2D eigenvalue weighted by molar-refractivity contribution is 0.0508. The number of alkyl carbamates (subject to hydrolysis) is 1. The maximum atomic E-state index is 11.6. The van der Waals surface area contributed by atoms with E-state index < -0.39 is 11.7 Å². The highest BCUT2D eigenvalue weighted by Gasteiger charge is 2.23. The lowest BCUT2D eigenvalue weighted by atomic mass is 10.0. The zero-order valence-electron chi connectivity index (χ0n) is 10.9. The summed E-state index contributed by atoms with van der Waals surface area (Å²) in [7, 11) is 1.74. The van der Waals surface area contributed by atoms with E-state index in [1.54, 1.807) is 7.05 Å². The summed E-state index contributed by atoms with van der Waals surface area (Å²) in [4.78, 5) is 12.2. The van der Waals surface area contributed by atoms with E-state index >= 15 is 0 Å². The molecule has 0 fully saturated rings. The lowest BCUT2D eigenvalue weighted by Crippen LogP contribution is -2.49. The molecule has 0 radical (unpaired) electrons. The van der Waals surface area contributed by atoms with Gasteiger partial charge in [-0.2, -0.15) is 0 Å². The molecule has 0 aromatic rings. The van der Waals surface area contributed by atoms with Crippen LogP contribution < -0.4 is 10.6 Å². The zero-order valence-corrected chi connectivity index (χ0v) is 11.7. The Morgan fingerprint density at radius 1 is 1.31 bits per heavy atom. The Kier molecular flexibility index (Phi) is 5.72. The fourth-order valence-electron chi connectivity index (χ4n) is 1.12. The lowest BCUT2D eigenvalue weighted by Gasteiger charge is -2.26. The molecule has 1 amide bonds. The second kappa shape index (κ2) is 6.03. The molecule has 0 rings (SSSR count). The van der Waals surface area contributed by atoms with Crippen molar-refractivity contribution in [2.45, 2.75) is 46.3 Å². The third-order valence-corrected chi connectivity index (χ3v) is 2.33. The number of hydrogen-bond donors (Lipinski definition) is 2. The summed E-state index contributed by atoms with van der Waals surface area (Å²) in [6.45, 7) is 9.46. The first kappa shape index (κ1) is 15.2. The van der Waals surface area contributed by atoms with Crippen molar-refractivity contribution in [3.63, 3.8) is 0 Å². The number of nitrogens with one attached hydrogen (secondary N) is 2. The molecule has 0 saturated heterocycles. The van der Waals surface area contributed by atoms with Gasteiger partial charge in [-0.25, -0.2) is 4.79 Å². The first-order chi connectivity index (χ1) is 7.17. The highest BCUT2D eigenvalue weighted by atomic mass is 32.1. The van der Waals surface area contributed by atoms with Crippen LogP contribution in [0.15, 0.2) is 0 Å². The molecule has 4 nitrogen and oxygen atoms in total. The van der Waals surface area contributed by atoms with E-state index in [1.807, 2.05) is 34.6 Å². The molecule has 0 saturated carbocycles. The van der Waals surface area contributed by atoms with E-state index in [-0.39, 0.29) is 12.0 Å². The van der Waals surface area contributed by atoms with Crippen molar-refractivity contribution in [1.29, 1.82) is 0 Å². The highest BCUT2D eigenvalue weighted by Crippen LogP contribution is 2.09. The van der Waals surface area contributed by atoms with Crippen molar-refractivity contribution in [2.24, 2.45) is 5.92 Å². The number of rotatable bonds is 3. The van der Waals surface area contributed by atoms with E-state index in [0.29, 0.717) is 4.99 Å². The van der Waals surface area contributed by atoms with Crippen molar-refractivity contribution in [1.82, 2.24) is 10.6 Å². The van der Waals surface area contributed by atoms with Gasteiger partial charge in [-0.1, -0.05) is 26.1 Å². The minimum atomic E-state index is -0.493. The van der Waals surface area contributed by atoms with Crippen LogP contribution in [0.3, 0.4) is 0 Å². The molecule has 0 bridgehead atoms. The van der Waals surface area contributed by atoms with Crippen molar-refractivity contribution in [3.05, 3.63) is 0 Å². The summed E-state index contributed by atoms with van der Waals surface area (Å²) in [5, 5.41) is 5.63. The first-order valence-corrected chi connectivity index (χ1v) is 5.79. The van der Waals surface area contributed by atoms with Crippen LogP contribution in [-0.2, 0) is 4.74 Å². The van der Waals surface area contributed by atoms with Crippen molar-refractivity contribution in [2.75, 3.05) is 7.05 Å². The van der Waals surface area contributed by atoms with Crippen LogP contribution in [0.4, 0.5) is 4.79 Å². The predicted molar refractivity (Wildman–Crippen MR) is 69.7 cm³/mol. The largest absolute Gasteiger partial charge is 0.444 e. The third-order valence-electron chi connectivity index (χ3n) is 1.87. The molecule has 0 heterocycles. The summed E-state index contributed by atoms with van der Waals surface area (Å²) >= 11 is 5.13. The number of hydrogen-bond acceptors (Lipinski definition) is 3. The minimum Gasteiger partial charge on any atom is -0.444 e. The normalized spacial score (nSPS) is 13.2. The molecule has 0 spiro atoms. The van der Waals surface area contributed by atoms with Crippen LogP contribution >= 0.6 is 12.2 Å². The van der Waals surface area contributed by atoms with Gasteiger partial charge in [0.1, 0.15) is 5.60 Å². The average molecular weight is 246 g/mol. The van der Waals surface area contributed by atoms with Gasteiger partial charge in [-0.05, 0) is 26.7 Å². The number of amides is 1. The monoisotopic (exact) mass is 246 g/mol. The number of carbonyl (C=O) groups excluding carboxylic acids is 1. The van der Waals surface area contributed by atoms with Gasteiger partial charge in [0.25, 0.3) is 0 Å². The maximum Gasteiger partial charge on any atom is 0.408 e. The molecule has 0 aromatic heterocycles. The van der Waals surface area contributed by atoms with Gasteiger partial charge in [0, 0.05) is 7.05 Å². The second-order valence-electron chi connectivity index (χ2n) is 4.98. The standard InChI is InChI=1S/C11H22N2O2S/c1-7(2)8(9(16)12-6)13-10(14)15-11(3,4)5/h7-8H,1-6H3,(H,12,16)(H,13,14). The van der Waals surface area contributed by atoms with Crippen molar-refractivity contribution >= 4 is 23.3 Å². The Bertz CT molecular complexity index is 259. The summed E-state index contributed by atoms with van der Waals surface area (Å²) in [5.74, 6) is 0.215. The van der Waals surface area contributed by atoms with Crippen LogP contribution in [0.5, 0.6) is 0 Å². The Hall–Kier alpha value is -0.840. The van der Waals surface area contributed by atoms with Gasteiger partial charge in [-0.15, -0.1) is 0 Å². The number of carbonyl (C=O) groups is 1. The number of likely N-dealkylation sites (N-methyl/N-ethyl adjacent to an activating group) is 1. The van der Waals surface area contributed by atoms with E-state index in [4.69, 9.17) is 17.0 Å². The SMILES string of the molecule is CNC(=S)C(NC(=O)OC(C)(C)C)C(C)C. The molecular weight excluding hydrogens is 224 g/mol. The fourth-order valence-corrected chi connectivity index (χ4v) is 1.46. The Labute approximate surface area is 103 Å². The van der Waals surface area contributed by atoms with Crippen LogP contribution in [0.2, 0.25) is 0 Å². The molecule has 0 aliphatic rings. The molecular formula is C11H22N2O2S. The van der Waals surface area contributed by atoms with Crippen molar-refractivity contribution < 1.29 is 9.53 Å². The van der Waals surface area contributed by atoms with E-state index in [0.717, 1.165) is 0 Å². The predicted octanol–water partition coefficient (Wildman–Crippen LogP) is 2.08. The van der Waals surface area contributed by atoms with Crippen LogP contribution in [0.1, 0.15) is 34.6 Å². The van der Waals surface area contributed by atoms with Gasteiger partial charge in [0.05, 0.1) is 11.0 Å². The number of thiocarbonyl (C=S) groups is 1. The molecule has 0 aliphatic carbocycles. The molecule has 5 heteroatoms. The van der Waals surface area contributed by atoms with Crippen molar-refractivity contribution in [3.8, 4) is 0 Å². The summed E-state index contributed by atoms with van der Waals surface area (Å²) in [6, 6.07) is -0.199. The Morgan fingerprint density at radius 2 is 1.81 bits per heavy atom. The van der Waals surface area contributed by atoms with Gasteiger partial charge < -0.3 is 15.4 Å². The van der Waals surface area contributed by atoms with Crippen LogP contribution in [0, 0.1) is 5.92 Å². The smallest absolute Gasteiger partial charge is 0.408 e. The van der Waals surface area contributed by atoms with Gasteiger partial charge in [0.15, 0.2) is 0 Å². The topological polar surface area (TPSA) is 50.4 Å². The average Bonchev–Trinajstić information content (AvgIpc) is 2.09. The van der Waals surface area contributed by atoms with Gasteiger partial charge >= 0.3 is 6.09 Å². The van der Waals surface area contributed by atoms with Gasteiger partial charge in [0.2, 0.25) is 0 Å². The Balaban J connectivity index is 4.42. The minimum absolute atomic E-state index is 0.199. The molecule has 0 aliphatic heterocycles. The molecule has 94 valence electrons. The zero-order chi connectivity index (χ0) is 12.9. The maximum absolute atomic E-state index is 11.6. The molecule has 0 aromatic carbocycles. The second-order valence-corrected chi connectivity index (χ2v) is 5.42. The summed E-state index contributed by atoms with van der Waals surface area (Å²) in [6.07, 6.45) is -0.441. The van der Waals surface area contributed by atoms with Crippen LogP contribution in [-0.4, -0.2) is 29.8 Å². The van der Waals surface area contributed by atoms with E-state index in [9.17, 15) is 4.79 Å². The summed E-state index contributed by atoms with van der Waals surface area (Å²) in [5.41, 5.74) is -0.493. The first-order valence-electron chi connectivity index (χ1n) is 5.38. The Morgan fingerprint density at radius 3 is 2.12 bits per heavy atom. The number of ether oxygens (including phenoxy) is 1. The van der Waals surface area contributed by atoms with Gasteiger partial charge in [-0.3, -0.25) is 0 Å². The van der Waals surface area contributed by atoms with E-state index in [2.05, 4.69) is 10.6 Å². The fraction of sp³-hybridized carbons (Fsp3) is 0.818. The molecule has 1 unspecified atom stereocenters. The highest BCUT2D eigenvalue weighted by molar-refractivity contribution is 7.80. The van der Waals surface area contributed by atoms with Crippen LogP contribution in [0.25, 0.3) is 0 Å². The molecule has 16 heavy (non-hydrogen) atoms. The molecule has 1 atom stereocenters. The van der Waals surface area contributed by atoms with E-state index in [1.165, 1.54) is 0 Å². The summed E-state index contributed by atoms with van der Waals surface area (Å²) < 4.78 is 5.18. The molecule has 2 N–H and O–H groups in total.